The quantitative estimate of drug-likeness (QED) is 0.727. The lowest BCUT2D eigenvalue weighted by Crippen LogP contribution is -2.32. The van der Waals surface area contributed by atoms with Gasteiger partial charge in [0.2, 0.25) is 0 Å². The molecule has 3 N–H and O–H groups in total. The van der Waals surface area contributed by atoms with Gasteiger partial charge in [0.15, 0.2) is 0 Å². The Morgan fingerprint density at radius 3 is 2.42 bits per heavy atom. The highest BCUT2D eigenvalue weighted by atomic mass is 16.5. The van der Waals surface area contributed by atoms with Gasteiger partial charge >= 0.3 is 0 Å². The first kappa shape index (κ1) is 18.3. The van der Waals surface area contributed by atoms with Crippen LogP contribution in [0.15, 0.2) is 48.5 Å². The SMILES string of the molecule is COc1ccc(C(O)CCN(Cc2ccccc2)C(C)C)cc1N. The van der Waals surface area contributed by atoms with Crippen molar-refractivity contribution in [1.29, 1.82) is 0 Å². The molecule has 4 nitrogen and oxygen atoms in total. The van der Waals surface area contributed by atoms with Gasteiger partial charge in [0.1, 0.15) is 5.75 Å². The van der Waals surface area contributed by atoms with Crippen LogP contribution in [0.3, 0.4) is 0 Å². The van der Waals surface area contributed by atoms with E-state index in [-0.39, 0.29) is 0 Å². The third-order valence-corrected chi connectivity index (χ3v) is 4.29. The molecule has 0 aromatic heterocycles. The van der Waals surface area contributed by atoms with Crippen LogP contribution in [0, 0.1) is 0 Å². The molecule has 1 unspecified atom stereocenters. The Hall–Kier alpha value is -2.04. The molecule has 0 aliphatic rings. The molecule has 2 rings (SSSR count). The molecular formula is C20H28N2O2. The van der Waals surface area contributed by atoms with Crippen LogP contribution >= 0.6 is 0 Å². The van der Waals surface area contributed by atoms with Crippen molar-refractivity contribution in [3.05, 3.63) is 59.7 Å². The molecule has 0 aliphatic heterocycles. The average Bonchev–Trinajstić information content (AvgIpc) is 2.58. The Morgan fingerprint density at radius 2 is 1.83 bits per heavy atom. The maximum Gasteiger partial charge on any atom is 0.141 e. The zero-order valence-electron chi connectivity index (χ0n) is 14.8. The monoisotopic (exact) mass is 328 g/mol. The van der Waals surface area contributed by atoms with Crippen LogP contribution in [-0.4, -0.2) is 29.7 Å². The van der Waals surface area contributed by atoms with Crippen molar-refractivity contribution < 1.29 is 9.84 Å². The van der Waals surface area contributed by atoms with Gasteiger partial charge in [0.05, 0.1) is 18.9 Å². The second-order valence-electron chi connectivity index (χ2n) is 6.36. The molecule has 0 amide bonds. The first-order chi connectivity index (χ1) is 11.5. The number of nitrogens with two attached hydrogens (primary N) is 1. The number of nitrogens with zero attached hydrogens (tertiary/aromatic N) is 1. The van der Waals surface area contributed by atoms with Crippen molar-refractivity contribution in [3.63, 3.8) is 0 Å². The lowest BCUT2D eigenvalue weighted by molar-refractivity contribution is 0.127. The molecule has 4 heteroatoms. The summed E-state index contributed by atoms with van der Waals surface area (Å²) in [6, 6.07) is 16.3. The summed E-state index contributed by atoms with van der Waals surface area (Å²) in [7, 11) is 1.59. The second kappa shape index (κ2) is 8.71. The molecule has 130 valence electrons. The number of hydrogen-bond acceptors (Lipinski definition) is 4. The minimum atomic E-state index is -0.532. The van der Waals surface area contributed by atoms with E-state index in [0.717, 1.165) is 18.7 Å². The van der Waals surface area contributed by atoms with Gasteiger partial charge in [-0.3, -0.25) is 4.90 Å². The first-order valence-corrected chi connectivity index (χ1v) is 8.40. The Bertz CT molecular complexity index is 629. The van der Waals surface area contributed by atoms with Gasteiger partial charge in [0, 0.05) is 19.1 Å². The van der Waals surface area contributed by atoms with E-state index in [4.69, 9.17) is 10.5 Å². The van der Waals surface area contributed by atoms with Crippen molar-refractivity contribution in [3.8, 4) is 5.75 Å². The number of ether oxygens (including phenoxy) is 1. The van der Waals surface area contributed by atoms with E-state index >= 15 is 0 Å². The van der Waals surface area contributed by atoms with Crippen LogP contribution in [0.4, 0.5) is 5.69 Å². The van der Waals surface area contributed by atoms with Gasteiger partial charge in [0.25, 0.3) is 0 Å². The maximum atomic E-state index is 10.5. The summed E-state index contributed by atoms with van der Waals surface area (Å²) in [5.41, 5.74) is 8.60. The van der Waals surface area contributed by atoms with Crippen molar-refractivity contribution in [2.45, 2.75) is 39.0 Å². The van der Waals surface area contributed by atoms with Crippen LogP contribution in [-0.2, 0) is 6.54 Å². The number of benzene rings is 2. The largest absolute Gasteiger partial charge is 0.495 e. The van der Waals surface area contributed by atoms with Gasteiger partial charge in [-0.15, -0.1) is 0 Å². The van der Waals surface area contributed by atoms with Crippen molar-refractivity contribution in [2.75, 3.05) is 19.4 Å². The van der Waals surface area contributed by atoms with Crippen molar-refractivity contribution >= 4 is 5.69 Å². The number of hydrogen-bond donors (Lipinski definition) is 2. The number of rotatable bonds is 8. The molecule has 0 saturated carbocycles. The number of methoxy groups -OCH3 is 1. The Kier molecular flexibility index (Phi) is 6.64. The topological polar surface area (TPSA) is 58.7 Å². The van der Waals surface area contributed by atoms with Crippen LogP contribution in [0.25, 0.3) is 0 Å². The van der Waals surface area contributed by atoms with E-state index in [2.05, 4.69) is 43.0 Å². The van der Waals surface area contributed by atoms with E-state index in [9.17, 15) is 5.11 Å². The highest BCUT2D eigenvalue weighted by Gasteiger charge is 2.15. The highest BCUT2D eigenvalue weighted by molar-refractivity contribution is 5.54. The van der Waals surface area contributed by atoms with Gasteiger partial charge in [-0.1, -0.05) is 36.4 Å². The Labute approximate surface area is 144 Å². The molecule has 0 bridgehead atoms. The maximum absolute atomic E-state index is 10.5. The first-order valence-electron chi connectivity index (χ1n) is 8.40. The van der Waals surface area contributed by atoms with Crippen molar-refractivity contribution in [1.82, 2.24) is 4.90 Å². The summed E-state index contributed by atoms with van der Waals surface area (Å²) < 4.78 is 5.16. The fraction of sp³-hybridized carbons (Fsp3) is 0.400. The van der Waals surface area contributed by atoms with Gasteiger partial charge < -0.3 is 15.6 Å². The van der Waals surface area contributed by atoms with Crippen molar-refractivity contribution in [2.24, 2.45) is 0 Å². The summed E-state index contributed by atoms with van der Waals surface area (Å²) in [4.78, 5) is 2.37. The average molecular weight is 328 g/mol. The third kappa shape index (κ3) is 4.98. The lowest BCUT2D eigenvalue weighted by Gasteiger charge is -2.27. The van der Waals surface area contributed by atoms with Crippen LogP contribution in [0.5, 0.6) is 5.75 Å². The minimum Gasteiger partial charge on any atom is -0.495 e. The zero-order chi connectivity index (χ0) is 17.5. The van der Waals surface area contributed by atoms with Gasteiger partial charge in [-0.05, 0) is 43.5 Å². The van der Waals surface area contributed by atoms with E-state index in [0.29, 0.717) is 23.9 Å². The van der Waals surface area contributed by atoms with E-state index < -0.39 is 6.10 Å². The molecule has 1 atom stereocenters. The molecule has 0 aliphatic carbocycles. The second-order valence-corrected chi connectivity index (χ2v) is 6.36. The predicted octanol–water partition coefficient (Wildman–Crippen LogP) is 3.61. The zero-order valence-corrected chi connectivity index (χ0v) is 14.8. The molecule has 0 spiro atoms. The summed E-state index contributed by atoms with van der Waals surface area (Å²) in [5.74, 6) is 0.638. The van der Waals surface area contributed by atoms with Crippen LogP contribution in [0.2, 0.25) is 0 Å². The highest BCUT2D eigenvalue weighted by Crippen LogP contribution is 2.27. The normalized spacial score (nSPS) is 12.6. The fourth-order valence-corrected chi connectivity index (χ4v) is 2.75. The molecule has 2 aromatic carbocycles. The number of nitrogen functional groups attached to an aromatic ring is 1. The smallest absolute Gasteiger partial charge is 0.141 e. The minimum absolute atomic E-state index is 0.415. The molecule has 24 heavy (non-hydrogen) atoms. The van der Waals surface area contributed by atoms with Crippen LogP contribution < -0.4 is 10.5 Å². The summed E-state index contributed by atoms with van der Waals surface area (Å²) >= 11 is 0. The Balaban J connectivity index is 1.97. The summed E-state index contributed by atoms with van der Waals surface area (Å²) in [6.45, 7) is 6.07. The predicted molar refractivity (Wildman–Crippen MR) is 99.0 cm³/mol. The number of aliphatic hydroxyl groups excluding tert-OH is 1. The molecule has 2 aromatic rings. The van der Waals surface area contributed by atoms with E-state index in [1.807, 2.05) is 12.1 Å². The van der Waals surface area contributed by atoms with Crippen LogP contribution in [0.1, 0.15) is 37.5 Å². The third-order valence-electron chi connectivity index (χ3n) is 4.29. The van der Waals surface area contributed by atoms with Gasteiger partial charge in [-0.2, -0.15) is 0 Å². The molecule has 0 radical (unpaired) electrons. The molecule has 0 saturated heterocycles. The molecule has 0 heterocycles. The number of aliphatic hydroxyl groups is 1. The Morgan fingerprint density at radius 1 is 1.12 bits per heavy atom. The number of anilines is 1. The standard InChI is InChI=1S/C20H28N2O2/c1-15(2)22(14-16-7-5-4-6-8-16)12-11-19(23)17-9-10-20(24-3)18(21)13-17/h4-10,13,15,19,23H,11-12,14,21H2,1-3H3. The van der Waals surface area contributed by atoms with E-state index in [1.54, 1.807) is 19.2 Å². The lowest BCUT2D eigenvalue weighted by atomic mass is 10.0. The summed E-state index contributed by atoms with van der Waals surface area (Å²) in [5, 5.41) is 10.5. The fourth-order valence-electron chi connectivity index (χ4n) is 2.75. The van der Waals surface area contributed by atoms with E-state index in [1.165, 1.54) is 5.56 Å². The molecule has 0 fully saturated rings. The van der Waals surface area contributed by atoms with Gasteiger partial charge in [-0.25, -0.2) is 0 Å². The molecular weight excluding hydrogens is 300 g/mol. The summed E-state index contributed by atoms with van der Waals surface area (Å²) in [6.07, 6.45) is 0.131.